The molecule has 2 aromatic carbocycles. The second-order valence-electron chi connectivity index (χ2n) is 5.68. The van der Waals surface area contributed by atoms with Crippen LogP contribution in [0.15, 0.2) is 41.4 Å². The number of nitrogens with two attached hydrogens (primary N) is 1. The van der Waals surface area contributed by atoms with Crippen molar-refractivity contribution < 1.29 is 17.9 Å². The number of aryl methyl sites for hydroxylation is 1. The van der Waals surface area contributed by atoms with Crippen molar-refractivity contribution in [3.63, 3.8) is 0 Å². The van der Waals surface area contributed by atoms with E-state index in [-0.39, 0.29) is 22.4 Å². The fourth-order valence-electron chi connectivity index (χ4n) is 2.62. The zero-order valence-corrected chi connectivity index (χ0v) is 14.8. The summed E-state index contributed by atoms with van der Waals surface area (Å²) in [5.74, 6) is 0. The lowest BCUT2D eigenvalue weighted by atomic mass is 9.91. The van der Waals surface area contributed by atoms with E-state index in [1.807, 2.05) is 6.92 Å². The molecule has 0 aliphatic rings. The van der Waals surface area contributed by atoms with Gasteiger partial charge in [0.2, 0.25) is 0 Å². The second-order valence-corrected chi connectivity index (χ2v) is 7.02. The Morgan fingerprint density at radius 2 is 1.68 bits per heavy atom. The molecule has 0 fully saturated rings. The van der Waals surface area contributed by atoms with Gasteiger partial charge in [-0.25, -0.2) is 0 Å². The van der Waals surface area contributed by atoms with Gasteiger partial charge in [-0.2, -0.15) is 8.42 Å². The van der Waals surface area contributed by atoms with Crippen molar-refractivity contribution in [2.75, 3.05) is 5.73 Å². The van der Waals surface area contributed by atoms with Crippen LogP contribution in [0.1, 0.15) is 27.8 Å². The molecule has 0 aromatic heterocycles. The molecule has 0 saturated carbocycles. The van der Waals surface area contributed by atoms with Crippen molar-refractivity contribution in [3.8, 4) is 0 Å². The first kappa shape index (κ1) is 18.6. The van der Waals surface area contributed by atoms with Crippen LogP contribution in [-0.2, 0) is 10.1 Å². The standard InChI is InChI=1S/C17H18N2O5S/c1-10-9-14(16(18)12(3)11(10)2)15(13-7-5-4-6-8-13)17(19(20)21)25(22,23)24/h4-9H,18H2,1-3H3,(H,22,23,24). The topological polar surface area (TPSA) is 124 Å². The third-order valence-electron chi connectivity index (χ3n) is 4.16. The third kappa shape index (κ3) is 3.54. The van der Waals surface area contributed by atoms with E-state index < -0.39 is 20.1 Å². The van der Waals surface area contributed by atoms with E-state index in [0.29, 0.717) is 5.56 Å². The first-order valence-corrected chi connectivity index (χ1v) is 8.78. The summed E-state index contributed by atoms with van der Waals surface area (Å²) in [5, 5.41) is 10.2. The second kappa shape index (κ2) is 6.66. The molecule has 2 rings (SSSR count). The van der Waals surface area contributed by atoms with Gasteiger partial charge in [-0.1, -0.05) is 30.3 Å². The average Bonchev–Trinajstić information content (AvgIpc) is 2.53. The molecule has 8 heteroatoms. The summed E-state index contributed by atoms with van der Waals surface area (Å²) >= 11 is 0. The zero-order valence-electron chi connectivity index (χ0n) is 14.0. The van der Waals surface area contributed by atoms with Crippen molar-refractivity contribution in [2.45, 2.75) is 20.8 Å². The fourth-order valence-corrected chi connectivity index (χ4v) is 3.30. The van der Waals surface area contributed by atoms with E-state index in [4.69, 9.17) is 5.73 Å². The van der Waals surface area contributed by atoms with Crippen LogP contribution in [0.2, 0.25) is 0 Å². The Balaban J connectivity index is 3.06. The van der Waals surface area contributed by atoms with Crippen molar-refractivity contribution >= 4 is 21.4 Å². The summed E-state index contributed by atoms with van der Waals surface area (Å²) in [6, 6.07) is 9.55. The average molecular weight is 362 g/mol. The number of benzene rings is 2. The number of nitrogens with zero attached hydrogens (tertiary/aromatic N) is 1. The van der Waals surface area contributed by atoms with Crippen LogP contribution in [0.4, 0.5) is 5.69 Å². The largest absolute Gasteiger partial charge is 0.398 e. The predicted molar refractivity (Wildman–Crippen MR) is 96.1 cm³/mol. The molecular weight excluding hydrogens is 344 g/mol. The number of nitrogen functional groups attached to an aromatic ring is 1. The maximum absolute atomic E-state index is 11.7. The molecule has 0 amide bonds. The maximum atomic E-state index is 11.7. The van der Waals surface area contributed by atoms with Gasteiger partial charge in [0.25, 0.3) is 0 Å². The molecule has 0 aliphatic carbocycles. The first-order valence-electron chi connectivity index (χ1n) is 7.34. The van der Waals surface area contributed by atoms with Crippen LogP contribution < -0.4 is 5.73 Å². The minimum atomic E-state index is -5.09. The Kier molecular flexibility index (Phi) is 4.96. The number of nitro groups is 1. The number of hydrogen-bond donors (Lipinski definition) is 2. The van der Waals surface area contributed by atoms with Crippen LogP contribution in [-0.4, -0.2) is 17.9 Å². The highest BCUT2D eigenvalue weighted by molar-refractivity contribution is 7.89. The normalized spacial score (nSPS) is 12.6. The summed E-state index contributed by atoms with van der Waals surface area (Å²) in [6.07, 6.45) is 0. The molecule has 25 heavy (non-hydrogen) atoms. The highest BCUT2D eigenvalue weighted by Gasteiger charge is 2.35. The van der Waals surface area contributed by atoms with E-state index >= 15 is 0 Å². The van der Waals surface area contributed by atoms with Gasteiger partial charge in [0.05, 0.1) is 10.5 Å². The number of rotatable bonds is 4. The van der Waals surface area contributed by atoms with Crippen molar-refractivity contribution in [1.82, 2.24) is 0 Å². The summed E-state index contributed by atoms with van der Waals surface area (Å²) in [5.41, 5.74) is 8.98. The van der Waals surface area contributed by atoms with Crippen molar-refractivity contribution in [3.05, 3.63) is 79.4 Å². The van der Waals surface area contributed by atoms with Crippen LogP contribution in [0.3, 0.4) is 0 Å². The molecule has 7 nitrogen and oxygen atoms in total. The Bertz CT molecular complexity index is 980. The van der Waals surface area contributed by atoms with E-state index in [1.165, 1.54) is 12.1 Å². The first-order chi connectivity index (χ1) is 11.6. The van der Waals surface area contributed by atoms with Crippen molar-refractivity contribution in [2.24, 2.45) is 0 Å². The monoisotopic (exact) mass is 362 g/mol. The van der Waals surface area contributed by atoms with Crippen molar-refractivity contribution in [1.29, 1.82) is 0 Å². The van der Waals surface area contributed by atoms with Gasteiger partial charge < -0.3 is 5.73 Å². The van der Waals surface area contributed by atoms with Gasteiger partial charge >= 0.3 is 15.1 Å². The lowest BCUT2D eigenvalue weighted by molar-refractivity contribution is -0.411. The molecule has 3 N–H and O–H groups in total. The number of hydrogen-bond acceptors (Lipinski definition) is 5. The molecule has 0 atom stereocenters. The highest BCUT2D eigenvalue weighted by atomic mass is 32.2. The molecule has 0 unspecified atom stereocenters. The van der Waals surface area contributed by atoms with Crippen LogP contribution in [0, 0.1) is 30.9 Å². The van der Waals surface area contributed by atoms with E-state index in [1.54, 1.807) is 38.1 Å². The molecular formula is C17H18N2O5S. The van der Waals surface area contributed by atoms with Crippen LogP contribution in [0.25, 0.3) is 5.57 Å². The Morgan fingerprint density at radius 3 is 2.16 bits per heavy atom. The smallest absolute Gasteiger partial charge is 0.393 e. The summed E-state index contributed by atoms with van der Waals surface area (Å²) in [7, 11) is -5.09. The van der Waals surface area contributed by atoms with Gasteiger partial charge in [-0.05, 0) is 49.1 Å². The molecule has 0 saturated heterocycles. The van der Waals surface area contributed by atoms with E-state index in [9.17, 15) is 23.1 Å². The zero-order chi connectivity index (χ0) is 18.9. The lowest BCUT2D eigenvalue weighted by Crippen LogP contribution is -2.15. The molecule has 0 heterocycles. The van der Waals surface area contributed by atoms with Gasteiger partial charge in [0.15, 0.2) is 0 Å². The SMILES string of the molecule is Cc1cc(C(=C([N+](=O)[O-])S(=O)(=O)O)c2ccccc2)c(N)c(C)c1C. The maximum Gasteiger partial charge on any atom is 0.393 e. The molecule has 0 radical (unpaired) electrons. The minimum Gasteiger partial charge on any atom is -0.398 e. The fraction of sp³-hybridized carbons (Fsp3) is 0.176. The lowest BCUT2D eigenvalue weighted by Gasteiger charge is -2.16. The Morgan fingerprint density at radius 1 is 1.12 bits per heavy atom. The quantitative estimate of drug-likeness (QED) is 0.373. The Hall–Kier alpha value is -2.71. The summed E-state index contributed by atoms with van der Waals surface area (Å²) in [4.78, 5) is 10.3. The van der Waals surface area contributed by atoms with Gasteiger partial charge in [-0.15, -0.1) is 0 Å². The highest BCUT2D eigenvalue weighted by Crippen LogP contribution is 2.36. The molecule has 0 spiro atoms. The van der Waals surface area contributed by atoms with E-state index in [0.717, 1.165) is 11.1 Å². The summed E-state index contributed by atoms with van der Waals surface area (Å²) in [6.45, 7) is 5.41. The molecule has 0 aliphatic heterocycles. The van der Waals surface area contributed by atoms with Gasteiger partial charge in [0, 0.05) is 11.3 Å². The van der Waals surface area contributed by atoms with Gasteiger partial charge in [0.1, 0.15) is 0 Å². The molecule has 132 valence electrons. The predicted octanol–water partition coefficient (Wildman–Crippen LogP) is 3.08. The Labute approximate surface area is 145 Å². The minimum absolute atomic E-state index is 0.191. The van der Waals surface area contributed by atoms with Crippen LogP contribution >= 0.6 is 0 Å². The summed E-state index contributed by atoms with van der Waals surface area (Å²) < 4.78 is 32.9. The molecule has 2 aromatic rings. The third-order valence-corrected chi connectivity index (χ3v) is 5.01. The van der Waals surface area contributed by atoms with Gasteiger partial charge in [-0.3, -0.25) is 14.7 Å². The van der Waals surface area contributed by atoms with Crippen LogP contribution in [0.5, 0.6) is 0 Å². The van der Waals surface area contributed by atoms with E-state index in [2.05, 4.69) is 0 Å². The molecule has 0 bridgehead atoms. The number of anilines is 1.